The number of hydrogen-bond acceptors (Lipinski definition) is 4. The maximum Gasteiger partial charge on any atom is 0.122 e. The molecule has 0 amide bonds. The smallest absolute Gasteiger partial charge is 0.122 e. The van der Waals surface area contributed by atoms with Gasteiger partial charge in [0.1, 0.15) is 5.75 Å². The molecule has 0 saturated carbocycles. The Hall–Kier alpha value is -0.710. The zero-order valence-electron chi connectivity index (χ0n) is 13.0. The Bertz CT molecular complexity index is 486. The minimum atomic E-state index is 0.158. The molecule has 2 saturated heterocycles. The third-order valence-corrected chi connectivity index (χ3v) is 5.85. The van der Waals surface area contributed by atoms with Gasteiger partial charge < -0.3 is 14.8 Å². The summed E-state index contributed by atoms with van der Waals surface area (Å²) in [6, 6.07) is 7.04. The second kappa shape index (κ2) is 6.59. The summed E-state index contributed by atoms with van der Waals surface area (Å²) >= 11 is 2.03. The van der Waals surface area contributed by atoms with Gasteiger partial charge >= 0.3 is 0 Å². The van der Waals surface area contributed by atoms with E-state index >= 15 is 0 Å². The van der Waals surface area contributed by atoms with E-state index in [0.29, 0.717) is 6.04 Å². The second-order valence-electron chi connectivity index (χ2n) is 6.21. The monoisotopic (exact) mass is 307 g/mol. The first-order chi connectivity index (χ1) is 10.2. The van der Waals surface area contributed by atoms with Crippen LogP contribution in [0.25, 0.3) is 0 Å². The molecule has 0 aliphatic carbocycles. The van der Waals surface area contributed by atoms with Crippen LogP contribution >= 0.6 is 11.8 Å². The third kappa shape index (κ3) is 3.55. The van der Waals surface area contributed by atoms with Crippen LogP contribution in [0.5, 0.6) is 5.75 Å². The van der Waals surface area contributed by atoms with Crippen LogP contribution in [0.3, 0.4) is 0 Å². The Morgan fingerprint density at radius 3 is 3.14 bits per heavy atom. The minimum Gasteiger partial charge on any atom is -0.496 e. The molecule has 2 aliphatic rings. The number of methoxy groups -OCH3 is 1. The standard InChI is InChI=1S/C17H25NO2S/c1-13-3-4-14(9-16(13)19-2)11-18-15-5-7-20-17(10-15)6-8-21-12-17/h3-4,9,15,18H,5-8,10-12H2,1-2H3/t15-,17-/m1/s1. The van der Waals surface area contributed by atoms with E-state index in [-0.39, 0.29) is 5.60 Å². The Morgan fingerprint density at radius 2 is 2.38 bits per heavy atom. The first-order valence-corrected chi connectivity index (χ1v) is 8.95. The van der Waals surface area contributed by atoms with E-state index in [1.807, 2.05) is 11.8 Å². The fourth-order valence-electron chi connectivity index (χ4n) is 3.30. The van der Waals surface area contributed by atoms with Crippen LogP contribution in [0.4, 0.5) is 0 Å². The summed E-state index contributed by atoms with van der Waals surface area (Å²) < 4.78 is 11.5. The molecule has 0 radical (unpaired) electrons. The van der Waals surface area contributed by atoms with Gasteiger partial charge in [-0.05, 0) is 49.1 Å². The van der Waals surface area contributed by atoms with Crippen LogP contribution in [-0.4, -0.2) is 36.9 Å². The molecule has 3 rings (SSSR count). The highest BCUT2D eigenvalue weighted by Crippen LogP contribution is 2.38. The SMILES string of the molecule is COc1cc(CN[C@@H]2CCO[C@]3(CCSC3)C2)ccc1C. The summed E-state index contributed by atoms with van der Waals surface area (Å²) in [7, 11) is 1.74. The fourth-order valence-corrected chi connectivity index (χ4v) is 4.68. The van der Waals surface area contributed by atoms with E-state index in [2.05, 4.69) is 30.4 Å². The van der Waals surface area contributed by atoms with Gasteiger partial charge in [-0.1, -0.05) is 12.1 Å². The Kier molecular flexibility index (Phi) is 4.77. The average molecular weight is 307 g/mol. The van der Waals surface area contributed by atoms with Gasteiger partial charge in [-0.25, -0.2) is 0 Å². The van der Waals surface area contributed by atoms with Crippen molar-refractivity contribution in [2.75, 3.05) is 25.2 Å². The number of thioether (sulfide) groups is 1. The molecule has 4 heteroatoms. The zero-order valence-corrected chi connectivity index (χ0v) is 13.8. The minimum absolute atomic E-state index is 0.158. The van der Waals surface area contributed by atoms with Gasteiger partial charge in [0.2, 0.25) is 0 Å². The summed E-state index contributed by atoms with van der Waals surface area (Å²) in [5.41, 5.74) is 2.64. The van der Waals surface area contributed by atoms with Crippen molar-refractivity contribution in [1.82, 2.24) is 5.32 Å². The molecule has 2 heterocycles. The maximum absolute atomic E-state index is 6.08. The summed E-state index contributed by atoms with van der Waals surface area (Å²) in [5, 5.41) is 3.72. The lowest BCUT2D eigenvalue weighted by molar-refractivity contribution is -0.0703. The van der Waals surface area contributed by atoms with Crippen LogP contribution in [0.15, 0.2) is 18.2 Å². The number of rotatable bonds is 4. The molecule has 0 bridgehead atoms. The largest absolute Gasteiger partial charge is 0.496 e. The van der Waals surface area contributed by atoms with Crippen LogP contribution < -0.4 is 10.1 Å². The van der Waals surface area contributed by atoms with Crippen molar-refractivity contribution in [2.24, 2.45) is 0 Å². The fraction of sp³-hybridized carbons (Fsp3) is 0.647. The molecule has 1 aromatic carbocycles. The number of ether oxygens (including phenoxy) is 2. The molecule has 2 aliphatic heterocycles. The lowest BCUT2D eigenvalue weighted by Gasteiger charge is -2.38. The third-order valence-electron chi connectivity index (χ3n) is 4.63. The molecule has 116 valence electrons. The number of nitrogens with one attached hydrogen (secondary N) is 1. The predicted octanol–water partition coefficient (Wildman–Crippen LogP) is 3.15. The average Bonchev–Trinajstić information content (AvgIpc) is 2.94. The molecule has 2 atom stereocenters. The Morgan fingerprint density at radius 1 is 1.48 bits per heavy atom. The normalized spacial score (nSPS) is 29.0. The second-order valence-corrected chi connectivity index (χ2v) is 7.31. The Balaban J connectivity index is 1.57. The quantitative estimate of drug-likeness (QED) is 0.925. The lowest BCUT2D eigenvalue weighted by atomic mass is 9.90. The van der Waals surface area contributed by atoms with Crippen molar-refractivity contribution < 1.29 is 9.47 Å². The number of aryl methyl sites for hydroxylation is 1. The first kappa shape index (κ1) is 15.2. The molecule has 1 N–H and O–H groups in total. The van der Waals surface area contributed by atoms with Crippen LogP contribution in [0.2, 0.25) is 0 Å². The van der Waals surface area contributed by atoms with E-state index in [4.69, 9.17) is 9.47 Å². The van der Waals surface area contributed by atoms with Crippen molar-refractivity contribution >= 4 is 11.8 Å². The molecular weight excluding hydrogens is 282 g/mol. The van der Waals surface area contributed by atoms with Crippen LogP contribution in [-0.2, 0) is 11.3 Å². The molecule has 0 aromatic heterocycles. The lowest BCUT2D eigenvalue weighted by Crippen LogP contribution is -2.47. The van der Waals surface area contributed by atoms with Gasteiger partial charge in [-0.15, -0.1) is 0 Å². The van der Waals surface area contributed by atoms with Gasteiger partial charge in [0.05, 0.1) is 12.7 Å². The highest BCUT2D eigenvalue weighted by molar-refractivity contribution is 7.99. The van der Waals surface area contributed by atoms with Crippen molar-refractivity contribution in [1.29, 1.82) is 0 Å². The molecular formula is C17H25NO2S. The van der Waals surface area contributed by atoms with Crippen molar-refractivity contribution in [3.8, 4) is 5.75 Å². The number of hydrogen-bond donors (Lipinski definition) is 1. The van der Waals surface area contributed by atoms with E-state index in [1.54, 1.807) is 7.11 Å². The molecule has 3 nitrogen and oxygen atoms in total. The summed E-state index contributed by atoms with van der Waals surface area (Å²) in [4.78, 5) is 0. The van der Waals surface area contributed by atoms with Gasteiger partial charge in [0.15, 0.2) is 0 Å². The van der Waals surface area contributed by atoms with Gasteiger partial charge in [0.25, 0.3) is 0 Å². The highest BCUT2D eigenvalue weighted by atomic mass is 32.2. The molecule has 21 heavy (non-hydrogen) atoms. The van der Waals surface area contributed by atoms with E-state index < -0.39 is 0 Å². The van der Waals surface area contributed by atoms with Crippen LogP contribution in [0.1, 0.15) is 30.4 Å². The predicted molar refractivity (Wildman–Crippen MR) is 88.2 cm³/mol. The summed E-state index contributed by atoms with van der Waals surface area (Å²) in [6.07, 6.45) is 3.49. The summed E-state index contributed by atoms with van der Waals surface area (Å²) in [6.45, 7) is 3.88. The molecule has 1 aromatic rings. The van der Waals surface area contributed by atoms with Gasteiger partial charge in [0, 0.05) is 24.9 Å². The van der Waals surface area contributed by atoms with Crippen molar-refractivity contribution in [3.05, 3.63) is 29.3 Å². The summed E-state index contributed by atoms with van der Waals surface area (Å²) in [5.74, 6) is 3.40. The number of benzene rings is 1. The van der Waals surface area contributed by atoms with Gasteiger partial charge in [-0.3, -0.25) is 0 Å². The first-order valence-electron chi connectivity index (χ1n) is 7.79. The highest BCUT2D eigenvalue weighted by Gasteiger charge is 2.40. The topological polar surface area (TPSA) is 30.5 Å². The molecule has 0 unspecified atom stereocenters. The van der Waals surface area contributed by atoms with E-state index in [1.165, 1.54) is 29.1 Å². The Labute approximate surface area is 131 Å². The van der Waals surface area contributed by atoms with Crippen molar-refractivity contribution in [2.45, 2.75) is 44.4 Å². The maximum atomic E-state index is 6.08. The van der Waals surface area contributed by atoms with Crippen molar-refractivity contribution in [3.63, 3.8) is 0 Å². The zero-order chi connectivity index (χ0) is 14.7. The molecule has 2 fully saturated rings. The van der Waals surface area contributed by atoms with E-state index in [9.17, 15) is 0 Å². The molecule has 1 spiro atoms. The van der Waals surface area contributed by atoms with Crippen LogP contribution in [0, 0.1) is 6.92 Å². The van der Waals surface area contributed by atoms with E-state index in [0.717, 1.165) is 31.7 Å². The van der Waals surface area contributed by atoms with Gasteiger partial charge in [-0.2, -0.15) is 11.8 Å².